The van der Waals surface area contributed by atoms with Crippen LogP contribution in [0.15, 0.2) is 23.0 Å². The first-order valence-electron chi connectivity index (χ1n) is 2.89. The average Bonchev–Trinajstić information content (AvgIpc) is 2.28. The summed E-state index contributed by atoms with van der Waals surface area (Å²) in [5, 5.41) is 10.2. The second-order valence-corrected chi connectivity index (χ2v) is 1.86. The Hall–Kier alpha value is -1.58. The fourth-order valence-electron chi connectivity index (χ4n) is 0.734. The molecule has 1 aliphatic rings. The zero-order chi connectivity index (χ0) is 6.81. The molecule has 0 aliphatic carbocycles. The monoisotopic (exact) mass is 135 g/mol. The molecular weight excluding hydrogens is 130 g/mol. The lowest BCUT2D eigenvalue weighted by Gasteiger charge is -1.87. The van der Waals surface area contributed by atoms with Gasteiger partial charge in [0.2, 0.25) is 5.82 Å². The molecule has 0 amide bonds. The molecular formula is C6H5N3O. The van der Waals surface area contributed by atoms with Crippen molar-refractivity contribution in [1.29, 1.82) is 0 Å². The van der Waals surface area contributed by atoms with E-state index in [2.05, 4.69) is 20.3 Å². The number of nitrogens with one attached hydrogen (secondary N) is 1. The van der Waals surface area contributed by atoms with Crippen LogP contribution in [0.2, 0.25) is 0 Å². The Bertz CT molecular complexity index is 287. The van der Waals surface area contributed by atoms with Gasteiger partial charge in [0.05, 0.1) is 0 Å². The third-order valence-corrected chi connectivity index (χ3v) is 1.20. The van der Waals surface area contributed by atoms with Gasteiger partial charge in [-0.2, -0.15) is 0 Å². The van der Waals surface area contributed by atoms with Crippen LogP contribution in [-0.2, 0) is 0 Å². The third-order valence-electron chi connectivity index (χ3n) is 1.20. The fraction of sp³-hybridized carbons (Fsp3) is 0. The maximum absolute atomic E-state index is 4.48. The van der Waals surface area contributed by atoms with Crippen LogP contribution in [0.4, 0.5) is 5.82 Å². The topological polar surface area (TPSA) is 51.0 Å². The van der Waals surface area contributed by atoms with Crippen molar-refractivity contribution < 1.29 is 4.63 Å². The number of hydrogen-bond acceptors (Lipinski definition) is 4. The summed E-state index contributed by atoms with van der Waals surface area (Å²) in [6.45, 7) is 0. The second kappa shape index (κ2) is 1.98. The number of aromatic nitrogens is 2. The van der Waals surface area contributed by atoms with Crippen LogP contribution in [0, 0.1) is 0 Å². The lowest BCUT2D eigenvalue weighted by molar-refractivity contribution is 0.308. The predicted molar refractivity (Wildman–Crippen MR) is 36.1 cm³/mol. The van der Waals surface area contributed by atoms with E-state index in [9.17, 15) is 0 Å². The van der Waals surface area contributed by atoms with E-state index in [4.69, 9.17) is 0 Å². The van der Waals surface area contributed by atoms with Crippen molar-refractivity contribution >= 4 is 11.9 Å². The molecule has 50 valence electrons. The van der Waals surface area contributed by atoms with Crippen molar-refractivity contribution in [2.75, 3.05) is 5.32 Å². The Morgan fingerprint density at radius 1 is 1.30 bits per heavy atom. The van der Waals surface area contributed by atoms with Crippen molar-refractivity contribution in [2.24, 2.45) is 0 Å². The summed E-state index contributed by atoms with van der Waals surface area (Å²) < 4.78 is 4.48. The van der Waals surface area contributed by atoms with E-state index in [1.54, 1.807) is 6.20 Å². The molecule has 0 atom stereocenters. The minimum absolute atomic E-state index is 0.657. The van der Waals surface area contributed by atoms with Gasteiger partial charge >= 0.3 is 0 Å². The summed E-state index contributed by atoms with van der Waals surface area (Å²) >= 11 is 0. The number of hydrogen-bond donors (Lipinski definition) is 1. The summed E-state index contributed by atoms with van der Waals surface area (Å²) in [6, 6.07) is 0. The number of fused-ring (bicyclic) bond motifs is 1. The Morgan fingerprint density at radius 2 is 2.30 bits per heavy atom. The molecule has 10 heavy (non-hydrogen) atoms. The maximum Gasteiger partial charge on any atom is 0.202 e. The molecule has 0 unspecified atom stereocenters. The van der Waals surface area contributed by atoms with Crippen LogP contribution < -0.4 is 5.32 Å². The first kappa shape index (κ1) is 5.22. The van der Waals surface area contributed by atoms with Crippen molar-refractivity contribution in [3.8, 4) is 0 Å². The SMILES string of the molecule is C1=CNc2nonc2C=C1. The summed E-state index contributed by atoms with van der Waals surface area (Å²) in [4.78, 5) is 0. The molecule has 2 heterocycles. The van der Waals surface area contributed by atoms with Gasteiger partial charge < -0.3 is 5.32 Å². The first-order valence-corrected chi connectivity index (χ1v) is 2.89. The van der Waals surface area contributed by atoms with Crippen molar-refractivity contribution in [3.63, 3.8) is 0 Å². The molecule has 2 rings (SSSR count). The van der Waals surface area contributed by atoms with Gasteiger partial charge in [0.15, 0.2) is 5.69 Å². The lowest BCUT2D eigenvalue weighted by Crippen LogP contribution is -1.86. The largest absolute Gasteiger partial charge is 0.342 e. The van der Waals surface area contributed by atoms with E-state index in [1.807, 2.05) is 18.2 Å². The molecule has 0 fully saturated rings. The third kappa shape index (κ3) is 0.699. The highest BCUT2D eigenvalue weighted by molar-refractivity contribution is 5.62. The molecule has 1 N–H and O–H groups in total. The van der Waals surface area contributed by atoms with Crippen LogP contribution in [0.3, 0.4) is 0 Å². The van der Waals surface area contributed by atoms with Gasteiger partial charge in [0, 0.05) is 6.20 Å². The predicted octanol–water partition coefficient (Wildman–Crippen LogP) is 1.02. The Balaban J connectivity index is 2.50. The molecule has 0 radical (unpaired) electrons. The fourth-order valence-corrected chi connectivity index (χ4v) is 0.734. The Labute approximate surface area is 57.2 Å². The van der Waals surface area contributed by atoms with Crippen molar-refractivity contribution in [2.45, 2.75) is 0 Å². The molecule has 0 spiro atoms. The molecule has 4 heteroatoms. The molecule has 0 saturated heterocycles. The number of nitrogens with zero attached hydrogens (tertiary/aromatic N) is 2. The summed E-state index contributed by atoms with van der Waals surface area (Å²) in [5.41, 5.74) is 0.727. The van der Waals surface area contributed by atoms with E-state index in [-0.39, 0.29) is 0 Å². The molecule has 0 saturated carbocycles. The summed E-state index contributed by atoms with van der Waals surface area (Å²) in [7, 11) is 0. The van der Waals surface area contributed by atoms with Crippen LogP contribution in [0.5, 0.6) is 0 Å². The van der Waals surface area contributed by atoms with Crippen LogP contribution in [0.25, 0.3) is 6.08 Å². The van der Waals surface area contributed by atoms with E-state index >= 15 is 0 Å². The van der Waals surface area contributed by atoms with Crippen LogP contribution in [-0.4, -0.2) is 10.3 Å². The van der Waals surface area contributed by atoms with Crippen LogP contribution >= 0.6 is 0 Å². The molecule has 0 aromatic carbocycles. The highest BCUT2D eigenvalue weighted by atomic mass is 16.6. The van der Waals surface area contributed by atoms with Gasteiger partial charge in [-0.15, -0.1) is 0 Å². The minimum atomic E-state index is 0.657. The van der Waals surface area contributed by atoms with E-state index in [0.29, 0.717) is 5.82 Å². The van der Waals surface area contributed by atoms with Crippen molar-refractivity contribution in [3.05, 3.63) is 24.0 Å². The van der Waals surface area contributed by atoms with Gasteiger partial charge in [0.1, 0.15) is 0 Å². The first-order chi connectivity index (χ1) is 4.97. The quantitative estimate of drug-likeness (QED) is 0.577. The van der Waals surface area contributed by atoms with E-state index in [1.165, 1.54) is 0 Å². The number of rotatable bonds is 0. The van der Waals surface area contributed by atoms with Gasteiger partial charge in [-0.25, -0.2) is 4.63 Å². The smallest absolute Gasteiger partial charge is 0.202 e. The lowest BCUT2D eigenvalue weighted by atomic mass is 10.4. The summed E-state index contributed by atoms with van der Waals surface area (Å²) in [5.74, 6) is 0.657. The van der Waals surface area contributed by atoms with Gasteiger partial charge in [-0.05, 0) is 22.5 Å². The standard InChI is InChI=1S/C6H5N3O/c1-2-4-7-6-5(3-1)8-10-9-6/h1-4H,(H,7,9). The highest BCUT2D eigenvalue weighted by Crippen LogP contribution is 2.12. The second-order valence-electron chi connectivity index (χ2n) is 1.86. The van der Waals surface area contributed by atoms with Gasteiger partial charge in [-0.3, -0.25) is 0 Å². The number of allylic oxidation sites excluding steroid dienone is 2. The van der Waals surface area contributed by atoms with Gasteiger partial charge in [0.25, 0.3) is 0 Å². The normalized spacial score (nSPS) is 14.0. The summed E-state index contributed by atoms with van der Waals surface area (Å²) in [6.07, 6.45) is 7.32. The maximum atomic E-state index is 4.48. The zero-order valence-corrected chi connectivity index (χ0v) is 5.11. The highest BCUT2D eigenvalue weighted by Gasteiger charge is 2.04. The Morgan fingerprint density at radius 3 is 3.30 bits per heavy atom. The minimum Gasteiger partial charge on any atom is -0.342 e. The van der Waals surface area contributed by atoms with E-state index in [0.717, 1.165) is 5.69 Å². The molecule has 4 nitrogen and oxygen atoms in total. The molecule has 1 aliphatic heterocycles. The zero-order valence-electron chi connectivity index (χ0n) is 5.11. The molecule has 1 aromatic rings. The number of anilines is 1. The van der Waals surface area contributed by atoms with Crippen LogP contribution in [0.1, 0.15) is 5.69 Å². The van der Waals surface area contributed by atoms with Crippen molar-refractivity contribution in [1.82, 2.24) is 10.3 Å². The Kier molecular flexibility index (Phi) is 1.04. The van der Waals surface area contributed by atoms with E-state index < -0.39 is 0 Å². The molecule has 1 aromatic heterocycles. The average molecular weight is 135 g/mol. The molecule has 0 bridgehead atoms. The van der Waals surface area contributed by atoms with Gasteiger partial charge in [-0.1, -0.05) is 6.08 Å².